The summed E-state index contributed by atoms with van der Waals surface area (Å²) in [7, 11) is 1.60. The molecule has 4 heterocycles. The van der Waals surface area contributed by atoms with Crippen LogP contribution in [0.25, 0.3) is 5.65 Å². The first-order chi connectivity index (χ1) is 15.2. The number of hydrogen-bond donors (Lipinski definition) is 0. The highest BCUT2D eigenvalue weighted by molar-refractivity contribution is 5.97. The number of likely N-dealkylation sites (tertiary alicyclic amines) is 1. The van der Waals surface area contributed by atoms with Gasteiger partial charge in [0.1, 0.15) is 5.75 Å². The van der Waals surface area contributed by atoms with Crippen LogP contribution in [-0.2, 0) is 4.74 Å². The maximum atomic E-state index is 12.9. The fraction of sp³-hybridized carbons (Fsp3) is 0.435. The molecule has 0 N–H and O–H groups in total. The summed E-state index contributed by atoms with van der Waals surface area (Å²) in [5.74, 6) is 1.76. The Balaban J connectivity index is 1.27. The summed E-state index contributed by atoms with van der Waals surface area (Å²) in [4.78, 5) is 21.9. The zero-order chi connectivity index (χ0) is 21.2. The highest BCUT2D eigenvalue weighted by Crippen LogP contribution is 2.29. The average molecular weight is 422 g/mol. The Morgan fingerprint density at radius 1 is 1.06 bits per heavy atom. The van der Waals surface area contributed by atoms with Crippen LogP contribution in [0.4, 0.5) is 5.69 Å². The molecule has 1 aromatic carbocycles. The van der Waals surface area contributed by atoms with Crippen molar-refractivity contribution in [2.24, 2.45) is 0 Å². The van der Waals surface area contributed by atoms with Crippen molar-refractivity contribution in [3.8, 4) is 5.75 Å². The van der Waals surface area contributed by atoms with Crippen LogP contribution in [0.15, 0.2) is 42.6 Å². The Morgan fingerprint density at radius 2 is 1.84 bits per heavy atom. The summed E-state index contributed by atoms with van der Waals surface area (Å²) in [6.07, 6.45) is 3.76. The molecule has 31 heavy (non-hydrogen) atoms. The minimum Gasteiger partial charge on any atom is -0.496 e. The van der Waals surface area contributed by atoms with E-state index in [1.807, 2.05) is 39.7 Å². The predicted molar refractivity (Wildman–Crippen MR) is 117 cm³/mol. The van der Waals surface area contributed by atoms with E-state index >= 15 is 0 Å². The molecule has 8 nitrogen and oxygen atoms in total. The van der Waals surface area contributed by atoms with E-state index in [1.165, 1.54) is 0 Å². The van der Waals surface area contributed by atoms with Gasteiger partial charge in [-0.1, -0.05) is 12.1 Å². The zero-order valence-corrected chi connectivity index (χ0v) is 17.7. The largest absolute Gasteiger partial charge is 0.496 e. The molecule has 0 radical (unpaired) electrons. The van der Waals surface area contributed by atoms with Crippen molar-refractivity contribution in [2.45, 2.75) is 18.8 Å². The zero-order valence-electron chi connectivity index (χ0n) is 17.7. The number of nitrogens with zero attached hydrogens (tertiary/aromatic N) is 5. The number of carbonyl (C=O) groups excluding carboxylic acids is 1. The van der Waals surface area contributed by atoms with Gasteiger partial charge < -0.3 is 19.3 Å². The maximum Gasteiger partial charge on any atom is 0.257 e. The molecule has 3 aromatic rings. The van der Waals surface area contributed by atoms with Crippen LogP contribution in [0.5, 0.6) is 5.75 Å². The third kappa shape index (κ3) is 3.95. The summed E-state index contributed by atoms with van der Waals surface area (Å²) < 4.78 is 12.7. The van der Waals surface area contributed by atoms with E-state index in [4.69, 9.17) is 19.6 Å². The predicted octanol–water partition coefficient (Wildman–Crippen LogP) is 2.59. The molecule has 162 valence electrons. The monoisotopic (exact) mass is 421 g/mol. The highest BCUT2D eigenvalue weighted by Gasteiger charge is 2.28. The highest BCUT2D eigenvalue weighted by atomic mass is 16.5. The van der Waals surface area contributed by atoms with Crippen molar-refractivity contribution >= 4 is 17.2 Å². The van der Waals surface area contributed by atoms with Gasteiger partial charge >= 0.3 is 0 Å². The number of rotatable bonds is 4. The smallest absolute Gasteiger partial charge is 0.257 e. The van der Waals surface area contributed by atoms with Crippen molar-refractivity contribution in [1.82, 2.24) is 19.5 Å². The molecule has 0 spiro atoms. The second-order valence-corrected chi connectivity index (χ2v) is 8.03. The lowest BCUT2D eigenvalue weighted by molar-refractivity contribution is 0.0707. The van der Waals surface area contributed by atoms with Crippen LogP contribution in [0.3, 0.4) is 0 Å². The van der Waals surface area contributed by atoms with E-state index in [2.05, 4.69) is 17.2 Å². The molecule has 2 aliphatic rings. The number of methoxy groups -OCH3 is 1. The minimum absolute atomic E-state index is 0.0222. The van der Waals surface area contributed by atoms with Gasteiger partial charge in [-0.25, -0.2) is 9.50 Å². The van der Waals surface area contributed by atoms with E-state index in [-0.39, 0.29) is 11.8 Å². The van der Waals surface area contributed by atoms with Crippen LogP contribution in [0, 0.1) is 0 Å². The molecule has 8 heteroatoms. The summed E-state index contributed by atoms with van der Waals surface area (Å²) >= 11 is 0. The quantitative estimate of drug-likeness (QED) is 0.645. The lowest BCUT2D eigenvalue weighted by Gasteiger charge is -2.31. The van der Waals surface area contributed by atoms with Gasteiger partial charge in [-0.3, -0.25) is 4.79 Å². The number of hydrogen-bond acceptors (Lipinski definition) is 6. The molecule has 1 amide bonds. The van der Waals surface area contributed by atoms with E-state index in [0.29, 0.717) is 24.4 Å². The minimum atomic E-state index is 0.0222. The van der Waals surface area contributed by atoms with Gasteiger partial charge in [0, 0.05) is 32.1 Å². The fourth-order valence-corrected chi connectivity index (χ4v) is 4.40. The molecule has 2 aromatic heterocycles. The molecule has 0 atom stereocenters. The van der Waals surface area contributed by atoms with E-state index in [9.17, 15) is 4.79 Å². The number of ether oxygens (including phenoxy) is 2. The lowest BCUT2D eigenvalue weighted by Crippen LogP contribution is -2.38. The van der Waals surface area contributed by atoms with E-state index in [0.717, 1.165) is 56.3 Å². The van der Waals surface area contributed by atoms with Gasteiger partial charge in [-0.15, -0.1) is 0 Å². The third-order valence-corrected chi connectivity index (χ3v) is 6.19. The molecule has 0 saturated carbocycles. The molecule has 0 unspecified atom stereocenters. The van der Waals surface area contributed by atoms with Crippen molar-refractivity contribution < 1.29 is 14.3 Å². The number of para-hydroxylation sites is 1. The topological polar surface area (TPSA) is 72.2 Å². The maximum absolute atomic E-state index is 12.9. The number of piperidine rings is 1. The Bertz CT molecular complexity index is 1070. The summed E-state index contributed by atoms with van der Waals surface area (Å²) in [5.41, 5.74) is 2.62. The van der Waals surface area contributed by atoms with Crippen molar-refractivity contribution in [2.75, 3.05) is 51.4 Å². The third-order valence-electron chi connectivity index (χ3n) is 6.19. The van der Waals surface area contributed by atoms with Crippen LogP contribution in [-0.4, -0.2) is 71.9 Å². The van der Waals surface area contributed by atoms with Crippen LogP contribution < -0.4 is 9.64 Å². The molecule has 2 saturated heterocycles. The molecule has 0 bridgehead atoms. The Hall–Kier alpha value is -3.13. The summed E-state index contributed by atoms with van der Waals surface area (Å²) in [5, 5.41) is 4.77. The molecular weight excluding hydrogens is 394 g/mol. The lowest BCUT2D eigenvalue weighted by atomic mass is 9.95. The van der Waals surface area contributed by atoms with Crippen LogP contribution in [0.2, 0.25) is 0 Å². The number of anilines is 1. The Kier molecular flexibility index (Phi) is 5.46. The second-order valence-electron chi connectivity index (χ2n) is 8.03. The molecule has 5 rings (SSSR count). The number of carbonyl (C=O) groups is 1. The Morgan fingerprint density at radius 3 is 2.61 bits per heavy atom. The van der Waals surface area contributed by atoms with E-state index in [1.54, 1.807) is 7.11 Å². The second kappa shape index (κ2) is 8.55. The molecule has 2 fully saturated rings. The first kappa shape index (κ1) is 19.8. The van der Waals surface area contributed by atoms with Crippen LogP contribution >= 0.6 is 0 Å². The number of morpholine rings is 1. The SMILES string of the molecule is COc1ccccc1C(=O)N1CCC(c2nc3ccc(N4CCOCC4)cn3n2)CC1. The molecule has 0 aliphatic carbocycles. The van der Waals surface area contributed by atoms with Gasteiger partial charge in [-0.2, -0.15) is 5.10 Å². The standard InChI is InChI=1S/C23H27N5O3/c1-30-20-5-3-2-4-19(20)23(29)27-10-8-17(9-11-27)22-24-21-7-6-18(16-28(21)25-22)26-12-14-31-15-13-26/h2-7,16-17H,8-15H2,1H3. The van der Waals surface area contributed by atoms with Gasteiger partial charge in [-0.05, 0) is 37.1 Å². The summed E-state index contributed by atoms with van der Waals surface area (Å²) in [6, 6.07) is 11.5. The first-order valence-corrected chi connectivity index (χ1v) is 10.8. The van der Waals surface area contributed by atoms with E-state index < -0.39 is 0 Å². The number of aromatic nitrogens is 3. The van der Waals surface area contributed by atoms with Crippen molar-refractivity contribution in [1.29, 1.82) is 0 Å². The number of amides is 1. The van der Waals surface area contributed by atoms with Gasteiger partial charge in [0.05, 0.1) is 37.8 Å². The number of pyridine rings is 1. The Labute approximate surface area is 181 Å². The summed E-state index contributed by atoms with van der Waals surface area (Å²) in [6.45, 7) is 4.68. The van der Waals surface area contributed by atoms with Gasteiger partial charge in [0.15, 0.2) is 11.5 Å². The normalized spacial score (nSPS) is 17.8. The van der Waals surface area contributed by atoms with Crippen molar-refractivity contribution in [3.63, 3.8) is 0 Å². The number of fused-ring (bicyclic) bond motifs is 1. The average Bonchev–Trinajstić information content (AvgIpc) is 3.28. The molecular formula is C23H27N5O3. The molecule has 2 aliphatic heterocycles. The van der Waals surface area contributed by atoms with Crippen LogP contribution in [0.1, 0.15) is 34.9 Å². The van der Waals surface area contributed by atoms with Crippen molar-refractivity contribution in [3.05, 3.63) is 54.0 Å². The van der Waals surface area contributed by atoms with Gasteiger partial charge in [0.2, 0.25) is 0 Å². The number of benzene rings is 1. The fourth-order valence-electron chi connectivity index (χ4n) is 4.40. The van der Waals surface area contributed by atoms with Gasteiger partial charge in [0.25, 0.3) is 5.91 Å². The first-order valence-electron chi connectivity index (χ1n) is 10.8.